The van der Waals surface area contributed by atoms with Gasteiger partial charge in [-0.05, 0) is 60.4 Å². The monoisotopic (exact) mass is 583 g/mol. The van der Waals surface area contributed by atoms with E-state index in [1.807, 2.05) is 61.5 Å². The van der Waals surface area contributed by atoms with Gasteiger partial charge in [-0.2, -0.15) is 0 Å². The molecule has 4 aromatic rings. The predicted molar refractivity (Wildman–Crippen MR) is 171 cm³/mol. The molecule has 0 bridgehead atoms. The lowest BCUT2D eigenvalue weighted by atomic mass is 10.1. The first kappa shape index (κ1) is 28.9. The molecule has 0 atom stereocenters. The molecular formula is C33H34ClN5OS. The number of aromatic nitrogens is 2. The SMILES string of the molecule is Cc1ccc(NC(=O)c2cccc(CSc3nc(Cl)cc(N4CCN(CC=Cc5ccccc5)CC4)n3)c2)cc1C. The number of nitrogens with one attached hydrogen (secondary N) is 1. The average molecular weight is 584 g/mol. The van der Waals surface area contributed by atoms with Crippen LogP contribution in [0.4, 0.5) is 11.5 Å². The van der Waals surface area contributed by atoms with Crippen molar-refractivity contribution in [2.75, 3.05) is 42.9 Å². The fraction of sp³-hybridized carbons (Fsp3) is 0.242. The molecule has 1 fully saturated rings. The number of anilines is 2. The predicted octanol–water partition coefficient (Wildman–Crippen LogP) is 7.13. The van der Waals surface area contributed by atoms with E-state index in [0.717, 1.165) is 55.4 Å². The van der Waals surface area contributed by atoms with Crippen molar-refractivity contribution in [3.8, 4) is 0 Å². The Balaban J connectivity index is 1.15. The molecular weight excluding hydrogens is 550 g/mol. The smallest absolute Gasteiger partial charge is 0.255 e. The first-order valence-electron chi connectivity index (χ1n) is 13.8. The van der Waals surface area contributed by atoms with E-state index in [4.69, 9.17) is 16.6 Å². The molecule has 0 saturated carbocycles. The van der Waals surface area contributed by atoms with Crippen LogP contribution in [-0.4, -0.2) is 53.5 Å². The summed E-state index contributed by atoms with van der Waals surface area (Å²) in [6.07, 6.45) is 4.40. The van der Waals surface area contributed by atoms with Crippen LogP contribution in [0.25, 0.3) is 6.08 Å². The van der Waals surface area contributed by atoms with Crippen LogP contribution < -0.4 is 10.2 Å². The van der Waals surface area contributed by atoms with Gasteiger partial charge in [-0.15, -0.1) is 0 Å². The minimum atomic E-state index is -0.129. The zero-order chi connectivity index (χ0) is 28.6. The number of aryl methyl sites for hydroxylation is 2. The molecule has 1 N–H and O–H groups in total. The third kappa shape index (κ3) is 8.19. The lowest BCUT2D eigenvalue weighted by Crippen LogP contribution is -2.46. The highest BCUT2D eigenvalue weighted by Gasteiger charge is 2.19. The number of carbonyl (C=O) groups excluding carboxylic acids is 1. The van der Waals surface area contributed by atoms with Crippen molar-refractivity contribution in [1.29, 1.82) is 0 Å². The first-order valence-corrected chi connectivity index (χ1v) is 15.1. The summed E-state index contributed by atoms with van der Waals surface area (Å²) in [5.41, 5.74) is 5.99. The van der Waals surface area contributed by atoms with Crippen LogP contribution in [0.2, 0.25) is 5.15 Å². The molecule has 0 unspecified atom stereocenters. The Morgan fingerprint density at radius 2 is 1.73 bits per heavy atom. The Morgan fingerprint density at radius 1 is 0.927 bits per heavy atom. The summed E-state index contributed by atoms with van der Waals surface area (Å²) < 4.78 is 0. The molecule has 1 amide bonds. The van der Waals surface area contributed by atoms with Crippen molar-refractivity contribution in [3.05, 3.63) is 118 Å². The number of hydrogen-bond acceptors (Lipinski definition) is 6. The van der Waals surface area contributed by atoms with Gasteiger partial charge in [-0.1, -0.05) is 84.0 Å². The number of nitrogens with zero attached hydrogens (tertiary/aromatic N) is 4. The summed E-state index contributed by atoms with van der Waals surface area (Å²) in [6.45, 7) is 8.71. The molecule has 5 rings (SSSR count). The summed E-state index contributed by atoms with van der Waals surface area (Å²) in [6, 6.07) is 25.8. The number of rotatable bonds is 9. The minimum Gasteiger partial charge on any atom is -0.354 e. The van der Waals surface area contributed by atoms with Gasteiger partial charge in [0.15, 0.2) is 5.16 Å². The molecule has 1 aromatic heterocycles. The summed E-state index contributed by atoms with van der Waals surface area (Å²) in [7, 11) is 0. The number of piperazine rings is 1. The molecule has 0 aliphatic carbocycles. The van der Waals surface area contributed by atoms with Gasteiger partial charge < -0.3 is 10.2 Å². The molecule has 0 spiro atoms. The second kappa shape index (κ2) is 13.8. The Labute approximate surface area is 251 Å². The third-order valence-corrected chi connectivity index (χ3v) is 8.26. The number of halogens is 1. The molecule has 8 heteroatoms. The van der Waals surface area contributed by atoms with Crippen LogP contribution in [-0.2, 0) is 5.75 Å². The molecule has 3 aromatic carbocycles. The van der Waals surface area contributed by atoms with E-state index in [-0.39, 0.29) is 5.91 Å². The van der Waals surface area contributed by atoms with Gasteiger partial charge >= 0.3 is 0 Å². The molecule has 2 heterocycles. The molecule has 1 saturated heterocycles. The lowest BCUT2D eigenvalue weighted by molar-refractivity contribution is 0.102. The highest BCUT2D eigenvalue weighted by atomic mass is 35.5. The second-order valence-corrected chi connectivity index (χ2v) is 11.5. The van der Waals surface area contributed by atoms with Crippen molar-refractivity contribution < 1.29 is 4.79 Å². The van der Waals surface area contributed by atoms with Crippen LogP contribution >= 0.6 is 23.4 Å². The summed E-state index contributed by atoms with van der Waals surface area (Å²) in [4.78, 5) is 26.8. The van der Waals surface area contributed by atoms with E-state index in [0.29, 0.717) is 21.6 Å². The molecule has 0 radical (unpaired) electrons. The molecule has 1 aliphatic heterocycles. The van der Waals surface area contributed by atoms with Crippen LogP contribution in [0.15, 0.2) is 90.1 Å². The Bertz CT molecular complexity index is 1520. The maximum Gasteiger partial charge on any atom is 0.255 e. The van der Waals surface area contributed by atoms with Crippen LogP contribution in [0.1, 0.15) is 32.6 Å². The van der Waals surface area contributed by atoms with E-state index in [9.17, 15) is 4.79 Å². The lowest BCUT2D eigenvalue weighted by Gasteiger charge is -2.35. The molecule has 6 nitrogen and oxygen atoms in total. The van der Waals surface area contributed by atoms with Gasteiger partial charge in [0.2, 0.25) is 0 Å². The van der Waals surface area contributed by atoms with Gasteiger partial charge in [0.05, 0.1) is 0 Å². The van der Waals surface area contributed by atoms with Crippen molar-refractivity contribution in [3.63, 3.8) is 0 Å². The number of benzene rings is 3. The van der Waals surface area contributed by atoms with Crippen LogP contribution in [0.5, 0.6) is 0 Å². The highest BCUT2D eigenvalue weighted by Crippen LogP contribution is 2.26. The maximum atomic E-state index is 12.9. The Morgan fingerprint density at radius 3 is 2.51 bits per heavy atom. The zero-order valence-electron chi connectivity index (χ0n) is 23.4. The quantitative estimate of drug-likeness (QED) is 0.128. The van der Waals surface area contributed by atoms with E-state index < -0.39 is 0 Å². The zero-order valence-corrected chi connectivity index (χ0v) is 25.0. The van der Waals surface area contributed by atoms with Crippen molar-refractivity contribution in [2.45, 2.75) is 24.8 Å². The fourth-order valence-corrected chi connectivity index (χ4v) is 5.67. The minimum absolute atomic E-state index is 0.129. The van der Waals surface area contributed by atoms with Crippen molar-refractivity contribution in [2.24, 2.45) is 0 Å². The topological polar surface area (TPSA) is 61.4 Å². The number of amides is 1. The van der Waals surface area contributed by atoms with Crippen molar-refractivity contribution in [1.82, 2.24) is 14.9 Å². The number of thioether (sulfide) groups is 1. The van der Waals surface area contributed by atoms with E-state index in [1.165, 1.54) is 22.9 Å². The normalized spacial score (nSPS) is 14.0. The van der Waals surface area contributed by atoms with Gasteiger partial charge in [0, 0.05) is 55.8 Å². The number of carbonyl (C=O) groups is 1. The van der Waals surface area contributed by atoms with Gasteiger partial charge in [0.25, 0.3) is 5.91 Å². The second-order valence-electron chi connectivity index (χ2n) is 10.2. The largest absolute Gasteiger partial charge is 0.354 e. The molecule has 41 heavy (non-hydrogen) atoms. The Kier molecular flexibility index (Phi) is 9.72. The fourth-order valence-electron chi connectivity index (χ4n) is 4.65. The maximum absolute atomic E-state index is 12.9. The standard InChI is InChI=1S/C33H34ClN5OS/c1-24-13-14-29(20-25(24)2)35-32(40)28-12-6-10-27(21-28)23-41-33-36-30(34)22-31(37-33)39-18-16-38(17-19-39)15-7-11-26-8-4-3-5-9-26/h3-14,20-22H,15-19,23H2,1-2H3,(H,35,40). The van der Waals surface area contributed by atoms with Crippen LogP contribution in [0, 0.1) is 13.8 Å². The highest BCUT2D eigenvalue weighted by molar-refractivity contribution is 7.98. The van der Waals surface area contributed by atoms with Crippen molar-refractivity contribution >= 4 is 46.9 Å². The van der Waals surface area contributed by atoms with Crippen LogP contribution in [0.3, 0.4) is 0 Å². The summed E-state index contributed by atoms with van der Waals surface area (Å²) in [5, 5.41) is 4.07. The average Bonchev–Trinajstić information content (AvgIpc) is 2.99. The third-order valence-electron chi connectivity index (χ3n) is 7.15. The number of hydrogen-bond donors (Lipinski definition) is 1. The Hall–Kier alpha value is -3.65. The van der Waals surface area contributed by atoms with Gasteiger partial charge in [-0.3, -0.25) is 9.69 Å². The summed E-state index contributed by atoms with van der Waals surface area (Å²) >= 11 is 7.93. The van der Waals surface area contributed by atoms with E-state index in [1.54, 1.807) is 0 Å². The van der Waals surface area contributed by atoms with E-state index in [2.05, 4.69) is 63.4 Å². The van der Waals surface area contributed by atoms with Gasteiger partial charge in [0.1, 0.15) is 11.0 Å². The van der Waals surface area contributed by atoms with Gasteiger partial charge in [-0.25, -0.2) is 9.97 Å². The molecule has 210 valence electrons. The molecule has 1 aliphatic rings. The summed E-state index contributed by atoms with van der Waals surface area (Å²) in [5.74, 6) is 1.36. The van der Waals surface area contributed by atoms with E-state index >= 15 is 0 Å². The first-order chi connectivity index (χ1) is 19.9.